The van der Waals surface area contributed by atoms with Crippen LogP contribution < -0.4 is 5.73 Å². The zero-order chi connectivity index (χ0) is 18.0. The van der Waals surface area contributed by atoms with E-state index >= 15 is 0 Å². The van der Waals surface area contributed by atoms with Crippen molar-refractivity contribution >= 4 is 40.8 Å². The Labute approximate surface area is 154 Å². The molecule has 1 aromatic carbocycles. The molecule has 0 bridgehead atoms. The SMILES string of the molecule is N#CC1=C(SCC(N)=O)N=C2CCCC(=O)[C@@H]2[C@@H]1c1ccccc1Cl. The van der Waals surface area contributed by atoms with E-state index in [0.29, 0.717) is 28.5 Å². The molecule has 2 aliphatic rings. The number of fused-ring (bicyclic) bond motifs is 1. The van der Waals surface area contributed by atoms with Crippen LogP contribution in [0.2, 0.25) is 5.02 Å². The number of nitrogens with two attached hydrogens (primary N) is 1. The summed E-state index contributed by atoms with van der Waals surface area (Å²) < 4.78 is 0. The number of carbonyl (C=O) groups excluding carboxylic acids is 2. The monoisotopic (exact) mass is 373 g/mol. The van der Waals surface area contributed by atoms with Crippen LogP contribution in [0.1, 0.15) is 30.7 Å². The summed E-state index contributed by atoms with van der Waals surface area (Å²) in [6.07, 6.45) is 1.93. The van der Waals surface area contributed by atoms with Crippen molar-refractivity contribution in [3.8, 4) is 6.07 Å². The number of ketones is 1. The maximum Gasteiger partial charge on any atom is 0.227 e. The van der Waals surface area contributed by atoms with Crippen LogP contribution in [0.3, 0.4) is 0 Å². The fourth-order valence-corrected chi connectivity index (χ4v) is 4.41. The number of benzene rings is 1. The van der Waals surface area contributed by atoms with Crippen molar-refractivity contribution in [3.05, 3.63) is 45.5 Å². The summed E-state index contributed by atoms with van der Waals surface area (Å²) in [5.74, 6) is -1.28. The Morgan fingerprint density at radius 1 is 1.36 bits per heavy atom. The van der Waals surface area contributed by atoms with E-state index in [4.69, 9.17) is 17.3 Å². The molecule has 1 fully saturated rings. The number of Topliss-reactive ketones (excluding diaryl/α,β-unsaturated/α-hetero) is 1. The van der Waals surface area contributed by atoms with E-state index in [1.54, 1.807) is 6.07 Å². The van der Waals surface area contributed by atoms with E-state index < -0.39 is 17.7 Å². The first-order valence-electron chi connectivity index (χ1n) is 7.93. The third-order valence-corrected chi connectivity index (χ3v) is 5.75. The van der Waals surface area contributed by atoms with Gasteiger partial charge in [0.1, 0.15) is 10.8 Å². The van der Waals surface area contributed by atoms with Gasteiger partial charge >= 0.3 is 0 Å². The molecule has 1 saturated carbocycles. The van der Waals surface area contributed by atoms with Gasteiger partial charge in [0, 0.05) is 23.1 Å². The van der Waals surface area contributed by atoms with Crippen molar-refractivity contribution in [2.24, 2.45) is 16.6 Å². The highest BCUT2D eigenvalue weighted by atomic mass is 35.5. The number of amides is 1. The first kappa shape index (κ1) is 17.7. The largest absolute Gasteiger partial charge is 0.369 e. The summed E-state index contributed by atoms with van der Waals surface area (Å²) in [6.45, 7) is 0. The Kier molecular flexibility index (Phi) is 5.26. The minimum atomic E-state index is -0.480. The molecule has 0 aromatic heterocycles. The van der Waals surface area contributed by atoms with Crippen molar-refractivity contribution in [1.29, 1.82) is 5.26 Å². The number of nitrogens with zero attached hydrogens (tertiary/aromatic N) is 2. The average Bonchev–Trinajstić information content (AvgIpc) is 2.59. The van der Waals surface area contributed by atoms with E-state index in [9.17, 15) is 14.9 Å². The minimum Gasteiger partial charge on any atom is -0.369 e. The van der Waals surface area contributed by atoms with Crippen molar-refractivity contribution in [3.63, 3.8) is 0 Å². The van der Waals surface area contributed by atoms with Crippen LogP contribution in [0.15, 0.2) is 39.9 Å². The molecule has 0 spiro atoms. The van der Waals surface area contributed by atoms with Gasteiger partial charge in [-0.1, -0.05) is 41.6 Å². The number of aliphatic imine (C=N–C) groups is 1. The van der Waals surface area contributed by atoms with Crippen molar-refractivity contribution in [1.82, 2.24) is 0 Å². The summed E-state index contributed by atoms with van der Waals surface area (Å²) in [5.41, 5.74) is 7.12. The first-order valence-corrected chi connectivity index (χ1v) is 9.29. The van der Waals surface area contributed by atoms with Crippen LogP contribution in [-0.4, -0.2) is 23.2 Å². The Morgan fingerprint density at radius 2 is 2.12 bits per heavy atom. The quantitative estimate of drug-likeness (QED) is 0.876. The summed E-state index contributed by atoms with van der Waals surface area (Å²) in [6, 6.07) is 9.43. The molecule has 128 valence electrons. The van der Waals surface area contributed by atoms with Crippen molar-refractivity contribution in [2.75, 3.05) is 5.75 Å². The van der Waals surface area contributed by atoms with Gasteiger partial charge in [0.15, 0.2) is 0 Å². The lowest BCUT2D eigenvalue weighted by molar-refractivity contribution is -0.122. The normalized spacial score (nSPS) is 22.9. The Balaban J connectivity index is 2.14. The zero-order valence-electron chi connectivity index (χ0n) is 13.4. The van der Waals surface area contributed by atoms with Crippen LogP contribution in [0.25, 0.3) is 0 Å². The Hall–Kier alpha value is -2.10. The van der Waals surface area contributed by atoms with E-state index in [-0.39, 0.29) is 11.5 Å². The molecule has 1 heterocycles. The van der Waals surface area contributed by atoms with Crippen LogP contribution >= 0.6 is 23.4 Å². The third-order valence-electron chi connectivity index (χ3n) is 4.39. The molecular formula is C18H16ClN3O2S. The summed E-state index contributed by atoms with van der Waals surface area (Å²) in [4.78, 5) is 28.3. The number of nitriles is 1. The zero-order valence-corrected chi connectivity index (χ0v) is 14.9. The molecule has 7 heteroatoms. The van der Waals surface area contributed by atoms with Gasteiger partial charge < -0.3 is 5.73 Å². The van der Waals surface area contributed by atoms with Crippen LogP contribution in [0.4, 0.5) is 0 Å². The predicted octanol–water partition coefficient (Wildman–Crippen LogP) is 3.20. The Morgan fingerprint density at radius 3 is 2.80 bits per heavy atom. The third kappa shape index (κ3) is 3.48. The second kappa shape index (κ2) is 7.42. The van der Waals surface area contributed by atoms with E-state index in [1.165, 1.54) is 0 Å². The van der Waals surface area contributed by atoms with Gasteiger partial charge in [-0.3, -0.25) is 9.59 Å². The number of hydrogen-bond acceptors (Lipinski definition) is 5. The van der Waals surface area contributed by atoms with E-state index in [0.717, 1.165) is 29.5 Å². The van der Waals surface area contributed by atoms with Gasteiger partial charge in [-0.2, -0.15) is 5.26 Å². The van der Waals surface area contributed by atoms with Crippen LogP contribution in [0.5, 0.6) is 0 Å². The van der Waals surface area contributed by atoms with Crippen molar-refractivity contribution in [2.45, 2.75) is 25.2 Å². The maximum atomic E-state index is 12.6. The molecule has 2 atom stereocenters. The first-order chi connectivity index (χ1) is 12.0. The number of carbonyl (C=O) groups is 2. The molecule has 1 amide bonds. The number of allylic oxidation sites excluding steroid dienone is 1. The summed E-state index contributed by atoms with van der Waals surface area (Å²) in [5, 5.41) is 10.7. The highest BCUT2D eigenvalue weighted by Crippen LogP contribution is 2.46. The fraction of sp³-hybridized carbons (Fsp3) is 0.333. The molecule has 0 radical (unpaired) electrons. The number of primary amides is 1. The van der Waals surface area contributed by atoms with Gasteiger partial charge in [-0.15, -0.1) is 0 Å². The molecular weight excluding hydrogens is 358 g/mol. The molecule has 5 nitrogen and oxygen atoms in total. The van der Waals surface area contributed by atoms with Gasteiger partial charge in [-0.05, 0) is 24.5 Å². The topological polar surface area (TPSA) is 96.3 Å². The highest BCUT2D eigenvalue weighted by molar-refractivity contribution is 8.03. The molecule has 0 saturated heterocycles. The molecule has 1 aromatic rings. The van der Waals surface area contributed by atoms with E-state index in [1.807, 2.05) is 18.2 Å². The summed E-state index contributed by atoms with van der Waals surface area (Å²) in [7, 11) is 0. The second-order valence-electron chi connectivity index (χ2n) is 5.99. The van der Waals surface area contributed by atoms with E-state index in [2.05, 4.69) is 11.1 Å². The maximum absolute atomic E-state index is 12.6. The Bertz CT molecular complexity index is 841. The number of halogens is 1. The van der Waals surface area contributed by atoms with Gasteiger partial charge in [0.25, 0.3) is 0 Å². The standard InChI is InChI=1S/C18H16ClN3O2S/c19-12-5-2-1-4-10(12)16-11(8-20)18(25-9-15(21)24)22-13-6-3-7-14(23)17(13)16/h1-2,4-5,16-17H,3,6-7,9H2,(H2,21,24)/t16-,17-/m1/s1. The van der Waals surface area contributed by atoms with Crippen LogP contribution in [-0.2, 0) is 9.59 Å². The lowest BCUT2D eigenvalue weighted by atomic mass is 9.70. The average molecular weight is 374 g/mol. The molecule has 2 N–H and O–H groups in total. The minimum absolute atomic E-state index is 0.0329. The summed E-state index contributed by atoms with van der Waals surface area (Å²) >= 11 is 7.51. The molecule has 1 aliphatic carbocycles. The van der Waals surface area contributed by atoms with Gasteiger partial charge in [0.2, 0.25) is 5.91 Å². The number of hydrogen-bond donors (Lipinski definition) is 1. The van der Waals surface area contributed by atoms with Gasteiger partial charge in [-0.25, -0.2) is 4.99 Å². The second-order valence-corrected chi connectivity index (χ2v) is 7.36. The van der Waals surface area contributed by atoms with Gasteiger partial charge in [0.05, 0.1) is 23.3 Å². The predicted molar refractivity (Wildman–Crippen MR) is 98.3 cm³/mol. The molecule has 3 rings (SSSR count). The number of thioether (sulfide) groups is 1. The van der Waals surface area contributed by atoms with Crippen LogP contribution in [0, 0.1) is 17.2 Å². The highest BCUT2D eigenvalue weighted by Gasteiger charge is 2.42. The smallest absolute Gasteiger partial charge is 0.227 e. The lowest BCUT2D eigenvalue weighted by Gasteiger charge is -2.34. The lowest BCUT2D eigenvalue weighted by Crippen LogP contribution is -2.37. The number of rotatable bonds is 4. The molecule has 1 aliphatic heterocycles. The fourth-order valence-electron chi connectivity index (χ4n) is 3.36. The molecule has 25 heavy (non-hydrogen) atoms. The van der Waals surface area contributed by atoms with Crippen molar-refractivity contribution < 1.29 is 9.59 Å². The molecule has 0 unspecified atom stereocenters.